The number of hydrogen-bond acceptors (Lipinski definition) is 2. The Kier molecular flexibility index (Phi) is 2.62. The smallest absolute Gasteiger partial charge is 0.415 e. The van der Waals surface area contributed by atoms with E-state index in [1.165, 1.54) is 12.8 Å². The zero-order valence-electron chi connectivity index (χ0n) is 9.49. The molecule has 90 valence electrons. The van der Waals surface area contributed by atoms with Crippen molar-refractivity contribution >= 4 is 27.7 Å². The molecule has 4 heteroatoms. The van der Waals surface area contributed by atoms with Crippen LogP contribution >= 0.6 is 15.9 Å². The maximum absolute atomic E-state index is 11.9. The predicted molar refractivity (Wildman–Crippen MR) is 69.2 cm³/mol. The van der Waals surface area contributed by atoms with Crippen molar-refractivity contribution in [1.29, 1.82) is 0 Å². The molecule has 0 bridgehead atoms. The van der Waals surface area contributed by atoms with E-state index in [2.05, 4.69) is 15.9 Å². The maximum Gasteiger partial charge on any atom is 0.415 e. The Hall–Kier alpha value is -1.03. The zero-order valence-corrected chi connectivity index (χ0v) is 11.1. The average molecular weight is 296 g/mol. The lowest BCUT2D eigenvalue weighted by Gasteiger charge is -2.20. The van der Waals surface area contributed by atoms with Gasteiger partial charge in [-0.1, -0.05) is 22.0 Å². The average Bonchev–Trinajstić information content (AvgIpc) is 2.87. The highest BCUT2D eigenvalue weighted by Crippen LogP contribution is 2.40. The summed E-state index contributed by atoms with van der Waals surface area (Å²) >= 11 is 3.43. The van der Waals surface area contributed by atoms with E-state index < -0.39 is 0 Å². The summed E-state index contributed by atoms with van der Waals surface area (Å²) in [6, 6.07) is 7.79. The molecule has 1 heterocycles. The van der Waals surface area contributed by atoms with Gasteiger partial charge in [0.25, 0.3) is 0 Å². The Balaban J connectivity index is 1.87. The largest absolute Gasteiger partial charge is 0.441 e. The van der Waals surface area contributed by atoms with E-state index in [0.29, 0.717) is 6.54 Å². The molecule has 1 amide bonds. The molecule has 1 aromatic carbocycles. The number of amides is 1. The van der Waals surface area contributed by atoms with Gasteiger partial charge in [-0.2, -0.15) is 0 Å². The molecule has 2 fully saturated rings. The van der Waals surface area contributed by atoms with Crippen molar-refractivity contribution in [3.8, 4) is 0 Å². The van der Waals surface area contributed by atoms with Crippen LogP contribution in [0.3, 0.4) is 0 Å². The molecule has 1 saturated heterocycles. The molecule has 0 atom stereocenters. The maximum atomic E-state index is 11.9. The molecule has 1 aliphatic carbocycles. The Morgan fingerprint density at radius 3 is 2.76 bits per heavy atom. The molecule has 17 heavy (non-hydrogen) atoms. The second-order valence-corrected chi connectivity index (χ2v) is 5.74. The lowest BCUT2D eigenvalue weighted by Crippen LogP contribution is -2.31. The zero-order chi connectivity index (χ0) is 11.9. The van der Waals surface area contributed by atoms with Gasteiger partial charge in [0.1, 0.15) is 5.60 Å². The molecule has 0 aromatic heterocycles. The molecule has 0 radical (unpaired) electrons. The molecule has 1 spiro atoms. The van der Waals surface area contributed by atoms with Crippen molar-refractivity contribution in [3.05, 3.63) is 28.7 Å². The number of anilines is 1. The van der Waals surface area contributed by atoms with Gasteiger partial charge in [-0.3, -0.25) is 4.90 Å². The highest BCUT2D eigenvalue weighted by atomic mass is 79.9. The summed E-state index contributed by atoms with van der Waals surface area (Å²) < 4.78 is 6.57. The van der Waals surface area contributed by atoms with Crippen LogP contribution in [0.1, 0.15) is 25.7 Å². The minimum atomic E-state index is -0.209. The number of carbonyl (C=O) groups excluding carboxylic acids is 1. The first-order chi connectivity index (χ1) is 8.19. The standard InChI is InChI=1S/C13H14BrNO2/c14-10-4-3-5-11(8-10)15-9-13(17-12(15)16)6-1-2-7-13/h3-5,8H,1-2,6-7,9H2. The Morgan fingerprint density at radius 1 is 1.29 bits per heavy atom. The fourth-order valence-electron chi connectivity index (χ4n) is 2.75. The number of halogens is 1. The van der Waals surface area contributed by atoms with E-state index >= 15 is 0 Å². The second-order valence-electron chi connectivity index (χ2n) is 4.82. The molecule has 1 aliphatic heterocycles. The summed E-state index contributed by atoms with van der Waals surface area (Å²) in [6.07, 6.45) is 4.14. The highest BCUT2D eigenvalue weighted by Gasteiger charge is 2.47. The van der Waals surface area contributed by atoms with Crippen molar-refractivity contribution in [3.63, 3.8) is 0 Å². The van der Waals surface area contributed by atoms with Crippen LogP contribution in [0.25, 0.3) is 0 Å². The van der Waals surface area contributed by atoms with Gasteiger partial charge in [-0.15, -0.1) is 0 Å². The summed E-state index contributed by atoms with van der Waals surface area (Å²) in [5, 5.41) is 0. The summed E-state index contributed by atoms with van der Waals surface area (Å²) in [4.78, 5) is 13.7. The lowest BCUT2D eigenvalue weighted by atomic mass is 10.0. The van der Waals surface area contributed by atoms with Gasteiger partial charge in [-0.05, 0) is 43.9 Å². The summed E-state index contributed by atoms with van der Waals surface area (Å²) in [5.41, 5.74) is 0.701. The quantitative estimate of drug-likeness (QED) is 0.790. The van der Waals surface area contributed by atoms with Crippen LogP contribution in [0.4, 0.5) is 10.5 Å². The van der Waals surface area contributed by atoms with Crippen LogP contribution in [0.5, 0.6) is 0 Å². The molecule has 3 rings (SSSR count). The van der Waals surface area contributed by atoms with E-state index in [1.54, 1.807) is 4.90 Å². The number of ether oxygens (including phenoxy) is 1. The Morgan fingerprint density at radius 2 is 2.06 bits per heavy atom. The van der Waals surface area contributed by atoms with Crippen LogP contribution < -0.4 is 4.90 Å². The van der Waals surface area contributed by atoms with Gasteiger partial charge in [0.05, 0.1) is 6.54 Å². The normalized spacial score (nSPS) is 22.2. The van der Waals surface area contributed by atoms with Crippen molar-refractivity contribution < 1.29 is 9.53 Å². The molecule has 3 nitrogen and oxygen atoms in total. The van der Waals surface area contributed by atoms with Gasteiger partial charge in [0.15, 0.2) is 0 Å². The monoisotopic (exact) mass is 295 g/mol. The third-order valence-electron chi connectivity index (χ3n) is 3.61. The van der Waals surface area contributed by atoms with Crippen molar-refractivity contribution in [1.82, 2.24) is 0 Å². The predicted octanol–water partition coefficient (Wildman–Crippen LogP) is 3.72. The van der Waals surface area contributed by atoms with Crippen molar-refractivity contribution in [2.75, 3.05) is 11.4 Å². The fraction of sp³-hybridized carbons (Fsp3) is 0.462. The van der Waals surface area contributed by atoms with Crippen LogP contribution in [0.2, 0.25) is 0 Å². The fourth-order valence-corrected chi connectivity index (χ4v) is 3.13. The topological polar surface area (TPSA) is 29.5 Å². The van der Waals surface area contributed by atoms with Crippen LogP contribution in [-0.2, 0) is 4.74 Å². The van der Waals surface area contributed by atoms with Gasteiger partial charge < -0.3 is 4.74 Å². The lowest BCUT2D eigenvalue weighted by molar-refractivity contribution is 0.0629. The number of benzene rings is 1. The number of carbonyl (C=O) groups is 1. The number of rotatable bonds is 1. The van der Waals surface area contributed by atoms with E-state index in [1.807, 2.05) is 24.3 Å². The third-order valence-corrected chi connectivity index (χ3v) is 4.10. The van der Waals surface area contributed by atoms with Crippen molar-refractivity contribution in [2.45, 2.75) is 31.3 Å². The molecular weight excluding hydrogens is 282 g/mol. The first-order valence-corrected chi connectivity index (χ1v) is 6.74. The van der Waals surface area contributed by atoms with E-state index in [9.17, 15) is 4.79 Å². The van der Waals surface area contributed by atoms with Crippen molar-refractivity contribution in [2.24, 2.45) is 0 Å². The SMILES string of the molecule is O=C1OC2(CCCC2)CN1c1cccc(Br)c1. The van der Waals surface area contributed by atoms with Crippen LogP contribution in [-0.4, -0.2) is 18.2 Å². The summed E-state index contributed by atoms with van der Waals surface area (Å²) in [7, 11) is 0. The number of hydrogen-bond donors (Lipinski definition) is 0. The molecule has 0 unspecified atom stereocenters. The van der Waals surface area contributed by atoms with E-state index in [-0.39, 0.29) is 11.7 Å². The van der Waals surface area contributed by atoms with Gasteiger partial charge in [0.2, 0.25) is 0 Å². The molecule has 0 N–H and O–H groups in total. The Labute approximate surface area is 109 Å². The second kappa shape index (κ2) is 4.02. The van der Waals surface area contributed by atoms with Gasteiger partial charge in [0, 0.05) is 10.2 Å². The first kappa shape index (κ1) is 11.1. The summed E-state index contributed by atoms with van der Waals surface area (Å²) in [5.74, 6) is 0. The number of nitrogens with zero attached hydrogens (tertiary/aromatic N) is 1. The highest BCUT2D eigenvalue weighted by molar-refractivity contribution is 9.10. The van der Waals surface area contributed by atoms with Gasteiger partial charge >= 0.3 is 6.09 Å². The molecular formula is C13H14BrNO2. The van der Waals surface area contributed by atoms with E-state index in [0.717, 1.165) is 23.0 Å². The third kappa shape index (κ3) is 1.95. The molecule has 2 aliphatic rings. The molecule has 1 aromatic rings. The van der Waals surface area contributed by atoms with Crippen LogP contribution in [0.15, 0.2) is 28.7 Å². The Bertz CT molecular complexity index is 454. The molecule has 1 saturated carbocycles. The van der Waals surface area contributed by atoms with Gasteiger partial charge in [-0.25, -0.2) is 4.79 Å². The minimum absolute atomic E-state index is 0.204. The summed E-state index contributed by atoms with van der Waals surface area (Å²) in [6.45, 7) is 0.697. The van der Waals surface area contributed by atoms with Crippen LogP contribution in [0, 0.1) is 0 Å². The first-order valence-electron chi connectivity index (χ1n) is 5.95. The minimum Gasteiger partial charge on any atom is -0.441 e. The van der Waals surface area contributed by atoms with E-state index in [4.69, 9.17) is 4.74 Å².